The summed E-state index contributed by atoms with van der Waals surface area (Å²) < 4.78 is 18.1. The average molecular weight is 248 g/mol. The molecule has 0 unspecified atom stereocenters. The molecular weight excluding hydrogens is 235 g/mol. The molecule has 18 heavy (non-hydrogen) atoms. The summed E-state index contributed by atoms with van der Waals surface area (Å²) in [6, 6.07) is 6.16. The fourth-order valence-corrected chi connectivity index (χ4v) is 2.09. The molecule has 1 aromatic carbocycles. The van der Waals surface area contributed by atoms with Crippen LogP contribution in [0.2, 0.25) is 0 Å². The highest BCUT2D eigenvalue weighted by Gasteiger charge is 2.51. The van der Waals surface area contributed by atoms with Crippen LogP contribution in [0.15, 0.2) is 29.4 Å². The summed E-state index contributed by atoms with van der Waals surface area (Å²) >= 11 is 0. The van der Waals surface area contributed by atoms with Crippen LogP contribution in [0.5, 0.6) is 0 Å². The van der Waals surface area contributed by atoms with Crippen molar-refractivity contribution in [2.75, 3.05) is 13.2 Å². The maximum atomic E-state index is 12.9. The number of nitrogens with one attached hydrogen (secondary N) is 1. The molecule has 3 rings (SSSR count). The minimum Gasteiger partial charge on any atom is -0.361 e. The largest absolute Gasteiger partial charge is 0.361 e. The van der Waals surface area contributed by atoms with E-state index >= 15 is 0 Å². The lowest BCUT2D eigenvalue weighted by Crippen LogP contribution is -2.32. The Morgan fingerprint density at radius 1 is 1.50 bits per heavy atom. The third kappa shape index (κ3) is 1.80. The normalized spacial score (nSPS) is 29.7. The van der Waals surface area contributed by atoms with Crippen molar-refractivity contribution in [3.05, 3.63) is 35.6 Å². The number of benzene rings is 1. The molecular formula is C13H13FN2O2. The number of rotatable bonds is 3. The van der Waals surface area contributed by atoms with E-state index in [2.05, 4.69) is 10.5 Å². The number of hydrazone groups is 1. The van der Waals surface area contributed by atoms with Crippen molar-refractivity contribution in [3.8, 4) is 0 Å². The Kier molecular flexibility index (Phi) is 2.45. The Bertz CT molecular complexity index is 520. The highest BCUT2D eigenvalue weighted by Crippen LogP contribution is 2.32. The first-order chi connectivity index (χ1) is 8.60. The van der Waals surface area contributed by atoms with Gasteiger partial charge in [0.15, 0.2) is 5.60 Å². The molecule has 0 aromatic heterocycles. The number of hydrogen-bond acceptors (Lipinski definition) is 4. The third-order valence-electron chi connectivity index (χ3n) is 3.39. The lowest BCUT2D eigenvalue weighted by molar-refractivity contribution is -0.117. The van der Waals surface area contributed by atoms with E-state index in [0.717, 1.165) is 5.56 Å². The number of Topliss-reactive ketones (excluding diaryl/α,β-unsaturated/α-hetero) is 1. The van der Waals surface area contributed by atoms with Gasteiger partial charge in [0.05, 0.1) is 12.5 Å². The quantitative estimate of drug-likeness (QED) is 0.818. The Labute approximate surface area is 104 Å². The van der Waals surface area contributed by atoms with E-state index in [9.17, 15) is 9.18 Å². The number of carbonyl (C=O) groups excluding carboxylic acids is 1. The van der Waals surface area contributed by atoms with Crippen LogP contribution in [-0.2, 0) is 9.53 Å². The molecule has 4 nitrogen and oxygen atoms in total. The highest BCUT2D eigenvalue weighted by atomic mass is 19.1. The molecule has 1 fully saturated rings. The van der Waals surface area contributed by atoms with Crippen molar-refractivity contribution in [3.63, 3.8) is 0 Å². The molecule has 2 atom stereocenters. The number of ketones is 1. The average Bonchev–Trinajstić information content (AvgIpc) is 2.94. The summed E-state index contributed by atoms with van der Waals surface area (Å²) in [6.07, 6.45) is 0. The minimum absolute atomic E-state index is 0.0816. The molecule has 0 aliphatic carbocycles. The summed E-state index contributed by atoms with van der Waals surface area (Å²) in [5.41, 5.74) is 3.49. The van der Waals surface area contributed by atoms with E-state index in [4.69, 9.17) is 4.74 Å². The van der Waals surface area contributed by atoms with E-state index in [1.807, 2.05) is 0 Å². The molecule has 2 heterocycles. The van der Waals surface area contributed by atoms with E-state index in [-0.39, 0.29) is 17.5 Å². The number of hydrogen-bond donors (Lipinski definition) is 1. The summed E-state index contributed by atoms with van der Waals surface area (Å²) in [6.45, 7) is 2.77. The Balaban J connectivity index is 1.87. The molecule has 0 bridgehead atoms. The van der Waals surface area contributed by atoms with Gasteiger partial charge in [-0.05, 0) is 24.6 Å². The molecule has 0 amide bonds. The van der Waals surface area contributed by atoms with Crippen LogP contribution >= 0.6 is 0 Å². The summed E-state index contributed by atoms with van der Waals surface area (Å²) in [7, 11) is 0. The zero-order valence-corrected chi connectivity index (χ0v) is 9.94. The first-order valence-electron chi connectivity index (χ1n) is 5.85. The molecule has 0 spiro atoms. The number of carbonyl (C=O) groups is 1. The van der Waals surface area contributed by atoms with Gasteiger partial charge in [-0.25, -0.2) is 4.39 Å². The van der Waals surface area contributed by atoms with Gasteiger partial charge >= 0.3 is 0 Å². The number of epoxide rings is 1. The monoisotopic (exact) mass is 248 g/mol. The predicted octanol–water partition coefficient (Wildman–Crippen LogP) is 1.23. The molecule has 0 radical (unpaired) electrons. The third-order valence-corrected chi connectivity index (χ3v) is 3.39. The second kappa shape index (κ2) is 3.88. The Morgan fingerprint density at radius 3 is 2.78 bits per heavy atom. The maximum Gasteiger partial charge on any atom is 0.213 e. The van der Waals surface area contributed by atoms with E-state index < -0.39 is 5.60 Å². The van der Waals surface area contributed by atoms with Crippen molar-refractivity contribution in [1.29, 1.82) is 0 Å². The SMILES string of the molecule is C[C@]1(C(=O)C2=NNC[C@@H]2c2ccc(F)cc2)CO1. The van der Waals surface area contributed by atoms with Crippen molar-refractivity contribution in [2.24, 2.45) is 5.10 Å². The van der Waals surface area contributed by atoms with Crippen LogP contribution in [0.1, 0.15) is 18.4 Å². The molecule has 94 valence electrons. The molecule has 1 saturated heterocycles. The van der Waals surface area contributed by atoms with Gasteiger partial charge < -0.3 is 10.2 Å². The summed E-state index contributed by atoms with van der Waals surface area (Å²) in [5.74, 6) is -0.493. The van der Waals surface area contributed by atoms with Gasteiger partial charge in [-0.2, -0.15) is 5.10 Å². The van der Waals surface area contributed by atoms with Crippen LogP contribution in [0.4, 0.5) is 4.39 Å². The fourth-order valence-electron chi connectivity index (χ4n) is 2.09. The van der Waals surface area contributed by atoms with Crippen molar-refractivity contribution in [2.45, 2.75) is 18.4 Å². The van der Waals surface area contributed by atoms with Crippen LogP contribution < -0.4 is 5.43 Å². The number of nitrogens with zero attached hydrogens (tertiary/aromatic N) is 1. The van der Waals surface area contributed by atoms with Crippen LogP contribution in [0.25, 0.3) is 0 Å². The Morgan fingerprint density at radius 2 is 2.17 bits per heavy atom. The van der Waals surface area contributed by atoms with E-state index in [1.165, 1.54) is 12.1 Å². The highest BCUT2D eigenvalue weighted by molar-refractivity contribution is 6.45. The zero-order chi connectivity index (χ0) is 12.8. The van der Waals surface area contributed by atoms with Gasteiger partial charge in [0, 0.05) is 6.54 Å². The first kappa shape index (κ1) is 11.3. The molecule has 1 aromatic rings. The van der Waals surface area contributed by atoms with E-state index in [0.29, 0.717) is 18.9 Å². The van der Waals surface area contributed by atoms with Crippen molar-refractivity contribution >= 4 is 11.5 Å². The van der Waals surface area contributed by atoms with Gasteiger partial charge in [0.2, 0.25) is 5.78 Å². The van der Waals surface area contributed by atoms with Gasteiger partial charge in [-0.1, -0.05) is 12.1 Å². The van der Waals surface area contributed by atoms with Crippen molar-refractivity contribution < 1.29 is 13.9 Å². The van der Waals surface area contributed by atoms with E-state index in [1.54, 1.807) is 19.1 Å². The molecule has 2 aliphatic heterocycles. The van der Waals surface area contributed by atoms with Gasteiger partial charge in [-0.15, -0.1) is 0 Å². The summed E-state index contributed by atoms with van der Waals surface area (Å²) in [4.78, 5) is 12.2. The standard InChI is InChI=1S/C13H13FN2O2/c1-13(7-18-13)12(17)11-10(6-15-16-11)8-2-4-9(14)5-3-8/h2-5,10,15H,6-7H2,1H3/t10-,13-/m1/s1. The number of ether oxygens (including phenoxy) is 1. The molecule has 0 saturated carbocycles. The fraction of sp³-hybridized carbons (Fsp3) is 0.385. The number of halogens is 1. The molecule has 5 heteroatoms. The second-order valence-corrected chi connectivity index (χ2v) is 4.81. The smallest absolute Gasteiger partial charge is 0.213 e. The van der Waals surface area contributed by atoms with Gasteiger partial charge in [0.25, 0.3) is 0 Å². The van der Waals surface area contributed by atoms with Gasteiger partial charge in [0.1, 0.15) is 11.5 Å². The minimum atomic E-state index is -0.705. The zero-order valence-electron chi connectivity index (χ0n) is 9.94. The van der Waals surface area contributed by atoms with Crippen molar-refractivity contribution in [1.82, 2.24) is 5.43 Å². The maximum absolute atomic E-state index is 12.9. The van der Waals surface area contributed by atoms with Crippen LogP contribution in [-0.4, -0.2) is 30.2 Å². The van der Waals surface area contributed by atoms with Crippen LogP contribution in [0.3, 0.4) is 0 Å². The molecule has 1 N–H and O–H groups in total. The first-order valence-corrected chi connectivity index (χ1v) is 5.85. The lowest BCUT2D eigenvalue weighted by Gasteiger charge is -2.12. The predicted molar refractivity (Wildman–Crippen MR) is 63.9 cm³/mol. The molecule has 2 aliphatic rings. The lowest BCUT2D eigenvalue weighted by atomic mass is 9.89. The summed E-state index contributed by atoms with van der Waals surface area (Å²) in [5, 5.41) is 4.07. The second-order valence-electron chi connectivity index (χ2n) is 4.81. The van der Waals surface area contributed by atoms with Crippen LogP contribution in [0, 0.1) is 5.82 Å². The van der Waals surface area contributed by atoms with Gasteiger partial charge in [-0.3, -0.25) is 4.79 Å². The topological polar surface area (TPSA) is 54.0 Å². The Hall–Kier alpha value is -1.75.